The van der Waals surface area contributed by atoms with Crippen molar-refractivity contribution in [1.29, 1.82) is 0 Å². The zero-order chi connectivity index (χ0) is 17.1. The van der Waals surface area contributed by atoms with Gasteiger partial charge in [0.25, 0.3) is 5.91 Å². The van der Waals surface area contributed by atoms with Gasteiger partial charge in [-0.15, -0.1) is 5.10 Å². The number of carbonyl (C=O) groups is 1. The molecular weight excluding hydrogens is 306 g/mol. The summed E-state index contributed by atoms with van der Waals surface area (Å²) in [4.78, 5) is 13.8. The van der Waals surface area contributed by atoms with Crippen LogP contribution in [0.5, 0.6) is 11.5 Å². The molecule has 6 nitrogen and oxygen atoms in total. The Labute approximate surface area is 139 Å². The number of rotatable bonds is 4. The van der Waals surface area contributed by atoms with Crippen LogP contribution < -0.4 is 9.64 Å². The Hall–Kier alpha value is -3.15. The molecule has 2 aromatic carbocycles. The summed E-state index contributed by atoms with van der Waals surface area (Å²) in [6.07, 6.45) is 1.52. The second-order valence-electron chi connectivity index (χ2n) is 5.23. The van der Waals surface area contributed by atoms with E-state index in [-0.39, 0.29) is 11.7 Å². The van der Waals surface area contributed by atoms with E-state index in [2.05, 4.69) is 10.2 Å². The minimum absolute atomic E-state index is 0.0711. The number of carbonyl (C=O) groups excluding carboxylic acids is 1. The number of hydrogen-bond acceptors (Lipinski definition) is 5. The van der Waals surface area contributed by atoms with Crippen molar-refractivity contribution < 1.29 is 14.6 Å². The van der Waals surface area contributed by atoms with Gasteiger partial charge in [0.2, 0.25) is 0 Å². The lowest BCUT2D eigenvalue weighted by Gasteiger charge is -2.07. The molecule has 1 heterocycles. The molecule has 24 heavy (non-hydrogen) atoms. The predicted molar refractivity (Wildman–Crippen MR) is 93.3 cm³/mol. The zero-order valence-corrected chi connectivity index (χ0v) is 13.4. The molecule has 122 valence electrons. The summed E-state index contributed by atoms with van der Waals surface area (Å²) in [6, 6.07) is 12.3. The van der Waals surface area contributed by atoms with Crippen LogP contribution >= 0.6 is 0 Å². The summed E-state index contributed by atoms with van der Waals surface area (Å²) in [5.74, 6) is 0.270. The number of likely N-dealkylation sites (N-methyl/N-ethyl adjacent to an activating group) is 1. The summed E-state index contributed by atoms with van der Waals surface area (Å²) in [6.45, 7) is 2.29. The van der Waals surface area contributed by atoms with Crippen LogP contribution in [0.25, 0.3) is 0 Å². The highest BCUT2D eigenvalue weighted by Crippen LogP contribution is 2.28. The van der Waals surface area contributed by atoms with E-state index < -0.39 is 0 Å². The molecule has 0 fully saturated rings. The number of fused-ring (bicyclic) bond motifs is 1. The van der Waals surface area contributed by atoms with Crippen LogP contribution in [-0.2, 0) is 4.79 Å². The van der Waals surface area contributed by atoms with E-state index in [1.54, 1.807) is 24.1 Å². The first-order valence-corrected chi connectivity index (χ1v) is 7.56. The van der Waals surface area contributed by atoms with E-state index in [9.17, 15) is 9.90 Å². The fourth-order valence-corrected chi connectivity index (χ4v) is 2.48. The van der Waals surface area contributed by atoms with Crippen molar-refractivity contribution in [2.75, 3.05) is 18.6 Å². The first kappa shape index (κ1) is 15.7. The average molecular weight is 323 g/mol. The van der Waals surface area contributed by atoms with E-state index in [4.69, 9.17) is 4.74 Å². The van der Waals surface area contributed by atoms with Gasteiger partial charge in [0.15, 0.2) is 17.2 Å². The molecule has 1 amide bonds. The molecule has 1 aliphatic heterocycles. The summed E-state index contributed by atoms with van der Waals surface area (Å²) < 4.78 is 5.33. The number of aromatic hydroxyl groups is 1. The highest BCUT2D eigenvalue weighted by atomic mass is 16.5. The van der Waals surface area contributed by atoms with Gasteiger partial charge in [-0.1, -0.05) is 18.2 Å². The summed E-state index contributed by atoms with van der Waals surface area (Å²) in [5, 5.41) is 17.8. The maximum absolute atomic E-state index is 12.3. The van der Waals surface area contributed by atoms with E-state index in [0.29, 0.717) is 23.6 Å². The number of benzene rings is 2. The first-order chi connectivity index (χ1) is 11.6. The predicted octanol–water partition coefficient (Wildman–Crippen LogP) is 2.59. The normalized spacial score (nSPS) is 15.3. The molecule has 0 radical (unpaired) electrons. The maximum Gasteiger partial charge on any atom is 0.279 e. The Morgan fingerprint density at radius 3 is 2.83 bits per heavy atom. The van der Waals surface area contributed by atoms with Gasteiger partial charge in [0.05, 0.1) is 18.5 Å². The van der Waals surface area contributed by atoms with Gasteiger partial charge in [-0.3, -0.25) is 4.79 Å². The lowest BCUT2D eigenvalue weighted by Crippen LogP contribution is -2.25. The zero-order valence-electron chi connectivity index (χ0n) is 13.4. The molecule has 0 unspecified atom stereocenters. The average Bonchev–Trinajstić information content (AvgIpc) is 2.83. The third kappa shape index (κ3) is 2.86. The van der Waals surface area contributed by atoms with Crippen LogP contribution in [0.4, 0.5) is 5.69 Å². The molecule has 1 N–H and O–H groups in total. The Bertz CT molecular complexity index is 843. The molecule has 2 aromatic rings. The van der Waals surface area contributed by atoms with Crippen molar-refractivity contribution in [3.05, 3.63) is 53.6 Å². The van der Waals surface area contributed by atoms with Crippen molar-refractivity contribution >= 4 is 23.5 Å². The van der Waals surface area contributed by atoms with E-state index in [1.165, 1.54) is 12.3 Å². The molecule has 0 spiro atoms. The van der Waals surface area contributed by atoms with Gasteiger partial charge in [-0.05, 0) is 36.8 Å². The molecule has 0 saturated heterocycles. The highest BCUT2D eigenvalue weighted by Gasteiger charge is 2.30. The lowest BCUT2D eigenvalue weighted by molar-refractivity contribution is -0.111. The minimum Gasteiger partial charge on any atom is -0.504 e. The standard InChI is InChI=1S/C18H17N3O3/c1-3-24-16-10-12(8-9-15(16)22)11-19-20-17-13-6-4-5-7-14(13)21(2)18(17)23/h4-11,22H,3H2,1-2H3/b19-11+,20-17-. The summed E-state index contributed by atoms with van der Waals surface area (Å²) in [7, 11) is 1.71. The van der Waals surface area contributed by atoms with Gasteiger partial charge in [0.1, 0.15) is 0 Å². The molecule has 0 bridgehead atoms. The number of anilines is 1. The molecule has 0 aliphatic carbocycles. The van der Waals surface area contributed by atoms with Crippen molar-refractivity contribution in [2.45, 2.75) is 6.92 Å². The van der Waals surface area contributed by atoms with Crippen molar-refractivity contribution in [1.82, 2.24) is 0 Å². The van der Waals surface area contributed by atoms with Gasteiger partial charge in [0, 0.05) is 12.6 Å². The third-order valence-electron chi connectivity index (χ3n) is 3.68. The lowest BCUT2D eigenvalue weighted by atomic mass is 10.1. The van der Waals surface area contributed by atoms with Crippen LogP contribution in [0.2, 0.25) is 0 Å². The maximum atomic E-state index is 12.3. The number of phenolic OH excluding ortho intramolecular Hbond substituents is 1. The highest BCUT2D eigenvalue weighted by molar-refractivity contribution is 6.54. The van der Waals surface area contributed by atoms with E-state index in [1.807, 2.05) is 31.2 Å². The van der Waals surface area contributed by atoms with Crippen LogP contribution in [-0.4, -0.2) is 36.6 Å². The Kier molecular flexibility index (Phi) is 4.29. The Morgan fingerprint density at radius 1 is 1.25 bits per heavy atom. The number of amides is 1. The van der Waals surface area contributed by atoms with Gasteiger partial charge >= 0.3 is 0 Å². The molecule has 3 rings (SSSR count). The number of hydrogen-bond donors (Lipinski definition) is 1. The molecule has 0 aromatic heterocycles. The van der Waals surface area contributed by atoms with Crippen LogP contribution in [0.1, 0.15) is 18.1 Å². The molecule has 1 aliphatic rings. The fourth-order valence-electron chi connectivity index (χ4n) is 2.48. The van der Waals surface area contributed by atoms with E-state index in [0.717, 1.165) is 11.3 Å². The van der Waals surface area contributed by atoms with Gasteiger partial charge in [-0.2, -0.15) is 5.10 Å². The topological polar surface area (TPSA) is 74.5 Å². The van der Waals surface area contributed by atoms with Crippen LogP contribution in [0, 0.1) is 0 Å². The molecule has 0 atom stereocenters. The molecular formula is C18H17N3O3. The third-order valence-corrected chi connectivity index (χ3v) is 3.68. The largest absolute Gasteiger partial charge is 0.504 e. The number of nitrogens with zero attached hydrogens (tertiary/aromatic N) is 3. The second kappa shape index (κ2) is 6.54. The fraction of sp³-hybridized carbons (Fsp3) is 0.167. The molecule has 0 saturated carbocycles. The number of para-hydroxylation sites is 1. The molecule has 6 heteroatoms. The Balaban J connectivity index is 1.87. The van der Waals surface area contributed by atoms with Crippen molar-refractivity contribution in [3.8, 4) is 11.5 Å². The van der Waals surface area contributed by atoms with Crippen LogP contribution in [0.3, 0.4) is 0 Å². The van der Waals surface area contributed by atoms with Crippen LogP contribution in [0.15, 0.2) is 52.7 Å². The Morgan fingerprint density at radius 2 is 2.04 bits per heavy atom. The summed E-state index contributed by atoms with van der Waals surface area (Å²) >= 11 is 0. The second-order valence-corrected chi connectivity index (χ2v) is 5.23. The first-order valence-electron chi connectivity index (χ1n) is 7.56. The van der Waals surface area contributed by atoms with Gasteiger partial charge in [-0.25, -0.2) is 0 Å². The van der Waals surface area contributed by atoms with Crippen molar-refractivity contribution in [3.63, 3.8) is 0 Å². The van der Waals surface area contributed by atoms with E-state index >= 15 is 0 Å². The number of phenols is 1. The summed E-state index contributed by atoms with van der Waals surface area (Å²) in [5.41, 5.74) is 2.61. The number of ether oxygens (including phenoxy) is 1. The SMILES string of the molecule is CCOc1cc(/C=N/N=C2\C(=O)N(C)c3ccccc32)ccc1O. The smallest absolute Gasteiger partial charge is 0.279 e. The van der Waals surface area contributed by atoms with Crippen molar-refractivity contribution in [2.24, 2.45) is 10.2 Å². The minimum atomic E-state index is -0.186. The quantitative estimate of drug-likeness (QED) is 0.694. The van der Waals surface area contributed by atoms with Gasteiger partial charge < -0.3 is 14.7 Å². The monoisotopic (exact) mass is 323 g/mol.